The first-order valence-electron chi connectivity index (χ1n) is 8.58. The van der Waals surface area contributed by atoms with E-state index in [0.717, 1.165) is 30.7 Å². The predicted octanol–water partition coefficient (Wildman–Crippen LogP) is 3.51. The SMILES string of the molecule is CCCCc1nc(Cl)c(C=O)n1Cc1ccc(C(=O)OC)c(OCOC)c1. The van der Waals surface area contributed by atoms with E-state index in [-0.39, 0.29) is 11.9 Å². The van der Waals surface area contributed by atoms with Crippen molar-refractivity contribution in [2.75, 3.05) is 21.0 Å². The quantitative estimate of drug-likeness (QED) is 0.348. The minimum absolute atomic E-state index is 0.00825. The molecule has 0 bridgehead atoms. The monoisotopic (exact) mass is 394 g/mol. The molecule has 0 saturated carbocycles. The van der Waals surface area contributed by atoms with Crippen LogP contribution in [0, 0.1) is 0 Å². The maximum Gasteiger partial charge on any atom is 0.341 e. The fourth-order valence-electron chi connectivity index (χ4n) is 2.66. The van der Waals surface area contributed by atoms with Gasteiger partial charge in [-0.25, -0.2) is 9.78 Å². The minimum atomic E-state index is -0.504. The number of ether oxygens (including phenoxy) is 3. The summed E-state index contributed by atoms with van der Waals surface area (Å²) in [6.07, 6.45) is 3.37. The van der Waals surface area contributed by atoms with Crippen molar-refractivity contribution >= 4 is 23.9 Å². The molecule has 27 heavy (non-hydrogen) atoms. The number of hydrogen-bond donors (Lipinski definition) is 0. The number of hydrogen-bond acceptors (Lipinski definition) is 6. The second-order valence-electron chi connectivity index (χ2n) is 5.88. The van der Waals surface area contributed by atoms with Crippen LogP contribution in [0.4, 0.5) is 0 Å². The number of aromatic nitrogens is 2. The van der Waals surface area contributed by atoms with E-state index in [1.165, 1.54) is 14.2 Å². The van der Waals surface area contributed by atoms with Gasteiger partial charge in [-0.3, -0.25) is 4.79 Å². The van der Waals surface area contributed by atoms with Crippen molar-refractivity contribution in [3.63, 3.8) is 0 Å². The zero-order chi connectivity index (χ0) is 19.8. The molecule has 2 aromatic rings. The van der Waals surface area contributed by atoms with Gasteiger partial charge in [0, 0.05) is 20.1 Å². The zero-order valence-electron chi connectivity index (χ0n) is 15.7. The molecule has 0 aliphatic rings. The van der Waals surface area contributed by atoms with Crippen LogP contribution in [0.1, 0.15) is 52.0 Å². The molecule has 2 rings (SSSR count). The molecule has 0 aliphatic heterocycles. The van der Waals surface area contributed by atoms with Gasteiger partial charge in [-0.1, -0.05) is 31.0 Å². The summed E-state index contributed by atoms with van der Waals surface area (Å²) in [5, 5.41) is 0.193. The molecule has 0 saturated heterocycles. The van der Waals surface area contributed by atoms with Crippen LogP contribution in [-0.4, -0.2) is 42.8 Å². The van der Waals surface area contributed by atoms with E-state index in [9.17, 15) is 9.59 Å². The summed E-state index contributed by atoms with van der Waals surface area (Å²) in [7, 11) is 2.80. The Hall–Kier alpha value is -2.38. The molecule has 1 aromatic carbocycles. The second kappa shape index (κ2) is 10.1. The third kappa shape index (κ3) is 5.08. The third-order valence-corrected chi connectivity index (χ3v) is 4.31. The number of aldehydes is 1. The topological polar surface area (TPSA) is 79.7 Å². The van der Waals surface area contributed by atoms with Crippen LogP contribution in [0.2, 0.25) is 5.15 Å². The maximum atomic E-state index is 11.9. The fraction of sp³-hybridized carbons (Fsp3) is 0.421. The summed E-state index contributed by atoms with van der Waals surface area (Å²) in [4.78, 5) is 27.7. The summed E-state index contributed by atoms with van der Waals surface area (Å²) in [6, 6.07) is 5.12. The van der Waals surface area contributed by atoms with Crippen LogP contribution < -0.4 is 4.74 Å². The van der Waals surface area contributed by atoms with Gasteiger partial charge >= 0.3 is 5.97 Å². The Morgan fingerprint density at radius 2 is 2.11 bits per heavy atom. The summed E-state index contributed by atoms with van der Waals surface area (Å²) >= 11 is 6.12. The Bertz CT molecular complexity index is 804. The van der Waals surface area contributed by atoms with Crippen molar-refractivity contribution in [3.05, 3.63) is 46.0 Å². The Morgan fingerprint density at radius 1 is 1.33 bits per heavy atom. The average molecular weight is 395 g/mol. The van der Waals surface area contributed by atoms with Crippen molar-refractivity contribution in [2.45, 2.75) is 32.7 Å². The van der Waals surface area contributed by atoms with Crippen molar-refractivity contribution in [2.24, 2.45) is 0 Å². The van der Waals surface area contributed by atoms with E-state index < -0.39 is 5.97 Å². The highest BCUT2D eigenvalue weighted by Gasteiger charge is 2.18. The molecule has 1 heterocycles. The Balaban J connectivity index is 2.39. The molecule has 8 heteroatoms. The van der Waals surface area contributed by atoms with E-state index >= 15 is 0 Å². The van der Waals surface area contributed by atoms with Gasteiger partial charge in [0.1, 0.15) is 22.8 Å². The molecule has 0 aliphatic carbocycles. The lowest BCUT2D eigenvalue weighted by Gasteiger charge is -2.13. The fourth-order valence-corrected chi connectivity index (χ4v) is 2.91. The number of halogens is 1. The molecule has 0 atom stereocenters. The average Bonchev–Trinajstić information content (AvgIpc) is 2.98. The van der Waals surface area contributed by atoms with E-state index in [2.05, 4.69) is 11.9 Å². The summed E-state index contributed by atoms with van der Waals surface area (Å²) in [5.74, 6) is 0.589. The van der Waals surface area contributed by atoms with E-state index in [1.54, 1.807) is 22.8 Å². The Morgan fingerprint density at radius 3 is 2.74 bits per heavy atom. The molecular weight excluding hydrogens is 372 g/mol. The maximum absolute atomic E-state index is 11.9. The molecule has 0 amide bonds. The van der Waals surface area contributed by atoms with Gasteiger partial charge in [-0.15, -0.1) is 0 Å². The normalized spacial score (nSPS) is 10.7. The van der Waals surface area contributed by atoms with Crippen molar-refractivity contribution < 1.29 is 23.8 Å². The van der Waals surface area contributed by atoms with Gasteiger partial charge in [0.25, 0.3) is 0 Å². The number of unbranched alkanes of at least 4 members (excludes halogenated alkanes) is 1. The number of rotatable bonds is 10. The summed E-state index contributed by atoms with van der Waals surface area (Å²) in [6.45, 7) is 2.45. The first-order valence-corrected chi connectivity index (χ1v) is 8.96. The first-order chi connectivity index (χ1) is 13.0. The summed E-state index contributed by atoms with van der Waals surface area (Å²) < 4.78 is 17.0. The van der Waals surface area contributed by atoms with Crippen LogP contribution in [0.15, 0.2) is 18.2 Å². The van der Waals surface area contributed by atoms with Crippen LogP contribution in [0.3, 0.4) is 0 Å². The Labute approximate surface area is 163 Å². The van der Waals surface area contributed by atoms with Crippen LogP contribution in [0.5, 0.6) is 5.75 Å². The molecule has 0 fully saturated rings. The van der Waals surface area contributed by atoms with Gasteiger partial charge in [0.05, 0.1) is 7.11 Å². The third-order valence-electron chi connectivity index (χ3n) is 4.03. The van der Waals surface area contributed by atoms with E-state index in [0.29, 0.717) is 29.8 Å². The van der Waals surface area contributed by atoms with Crippen molar-refractivity contribution in [1.29, 1.82) is 0 Å². The van der Waals surface area contributed by atoms with Crippen molar-refractivity contribution in [3.8, 4) is 5.75 Å². The number of imidazole rings is 1. The lowest BCUT2D eigenvalue weighted by atomic mass is 10.1. The number of aryl methyl sites for hydroxylation is 1. The van der Waals surface area contributed by atoms with Crippen LogP contribution >= 0.6 is 11.6 Å². The molecule has 7 nitrogen and oxygen atoms in total. The largest absolute Gasteiger partial charge is 0.467 e. The van der Waals surface area contributed by atoms with Crippen molar-refractivity contribution in [1.82, 2.24) is 9.55 Å². The highest BCUT2D eigenvalue weighted by molar-refractivity contribution is 6.31. The second-order valence-corrected chi connectivity index (χ2v) is 6.24. The van der Waals surface area contributed by atoms with Gasteiger partial charge in [0.15, 0.2) is 18.2 Å². The first kappa shape index (κ1) is 20.9. The van der Waals surface area contributed by atoms with Gasteiger partial charge in [-0.05, 0) is 24.1 Å². The molecule has 0 radical (unpaired) electrons. The lowest BCUT2D eigenvalue weighted by molar-refractivity contribution is 0.0464. The lowest BCUT2D eigenvalue weighted by Crippen LogP contribution is -2.11. The van der Waals surface area contributed by atoms with Crippen LogP contribution in [0.25, 0.3) is 0 Å². The molecule has 0 N–H and O–H groups in total. The number of esters is 1. The number of nitrogens with zero attached hydrogens (tertiary/aromatic N) is 2. The number of carbonyl (C=O) groups excluding carboxylic acids is 2. The van der Waals surface area contributed by atoms with Crippen LogP contribution in [-0.2, 0) is 22.4 Å². The van der Waals surface area contributed by atoms with Gasteiger partial charge in [0.2, 0.25) is 0 Å². The van der Waals surface area contributed by atoms with Gasteiger partial charge in [-0.2, -0.15) is 0 Å². The molecule has 0 unspecified atom stereocenters. The summed E-state index contributed by atoms with van der Waals surface area (Å²) in [5.41, 5.74) is 1.45. The predicted molar refractivity (Wildman–Crippen MR) is 101 cm³/mol. The molecule has 1 aromatic heterocycles. The van der Waals surface area contributed by atoms with Gasteiger partial charge < -0.3 is 18.8 Å². The Kier molecular flexibility index (Phi) is 7.82. The van der Waals surface area contributed by atoms with E-state index in [4.69, 9.17) is 25.8 Å². The standard InChI is InChI=1S/C19H23ClN2O5/c1-4-5-6-17-21-18(20)15(11-23)22(17)10-13-7-8-14(19(24)26-3)16(9-13)27-12-25-2/h7-9,11H,4-6,10,12H2,1-3H3. The highest BCUT2D eigenvalue weighted by atomic mass is 35.5. The van der Waals surface area contributed by atoms with E-state index in [1.807, 2.05) is 0 Å². The highest BCUT2D eigenvalue weighted by Crippen LogP contribution is 2.24. The smallest absolute Gasteiger partial charge is 0.341 e. The number of benzene rings is 1. The minimum Gasteiger partial charge on any atom is -0.467 e. The zero-order valence-corrected chi connectivity index (χ0v) is 16.4. The molecular formula is C19H23ClN2O5. The number of methoxy groups -OCH3 is 2. The number of carbonyl (C=O) groups is 2. The molecule has 0 spiro atoms. The molecule has 146 valence electrons.